The van der Waals surface area contributed by atoms with Crippen LogP contribution >= 0.6 is 12.1 Å². The Balaban J connectivity index is 1.42. The maximum atomic E-state index is 9.33. The van der Waals surface area contributed by atoms with E-state index in [2.05, 4.69) is 49.3 Å². The van der Waals surface area contributed by atoms with Crippen LogP contribution in [-0.2, 0) is 0 Å². The monoisotopic (exact) mass is 435 g/mol. The standard InChI is InChI=1S/C21H25N9S/c1-3-15-8-14(9-16-11-29(12-22)31-30(15)16)24-21-17-5-4-6-23-18(17)10-19(26-21)25-20-7-13(2)27-28-20/h4-7,10,14-16H,3,8-9,11H2,1-2H3,(H3,24,25,26,27,28). The summed E-state index contributed by atoms with van der Waals surface area (Å²) in [6.07, 6.45) is 7.12. The van der Waals surface area contributed by atoms with Crippen LogP contribution in [0.15, 0.2) is 30.5 Å². The summed E-state index contributed by atoms with van der Waals surface area (Å²) in [4.78, 5) is 9.41. The maximum absolute atomic E-state index is 9.33. The summed E-state index contributed by atoms with van der Waals surface area (Å²) in [5.41, 5.74) is 1.87. The van der Waals surface area contributed by atoms with Crippen molar-refractivity contribution in [3.05, 3.63) is 36.2 Å². The molecular formula is C21H25N9S. The Labute approximate surface area is 185 Å². The summed E-state index contributed by atoms with van der Waals surface area (Å²) in [5, 5.41) is 24.5. The highest BCUT2D eigenvalue weighted by molar-refractivity contribution is 7.95. The van der Waals surface area contributed by atoms with Gasteiger partial charge in [0.15, 0.2) is 12.0 Å². The van der Waals surface area contributed by atoms with Gasteiger partial charge in [-0.3, -0.25) is 10.1 Å². The van der Waals surface area contributed by atoms with Crippen LogP contribution in [0.25, 0.3) is 10.9 Å². The van der Waals surface area contributed by atoms with E-state index in [1.54, 1.807) is 22.6 Å². The van der Waals surface area contributed by atoms with Crippen LogP contribution in [0.4, 0.5) is 17.5 Å². The van der Waals surface area contributed by atoms with Gasteiger partial charge in [0.25, 0.3) is 0 Å². The van der Waals surface area contributed by atoms with Gasteiger partial charge >= 0.3 is 0 Å². The van der Waals surface area contributed by atoms with Crippen LogP contribution in [0.1, 0.15) is 31.9 Å². The van der Waals surface area contributed by atoms with Crippen LogP contribution < -0.4 is 10.6 Å². The highest BCUT2D eigenvalue weighted by Gasteiger charge is 2.42. The van der Waals surface area contributed by atoms with Crippen LogP contribution in [-0.4, -0.2) is 53.4 Å². The number of nitriles is 1. The molecule has 3 unspecified atom stereocenters. The molecule has 0 saturated carbocycles. The molecule has 3 aromatic rings. The van der Waals surface area contributed by atoms with Crippen molar-refractivity contribution in [1.29, 1.82) is 5.26 Å². The number of hydrogen-bond donors (Lipinski definition) is 3. The Bertz CT molecular complexity index is 1120. The first-order valence-corrected chi connectivity index (χ1v) is 11.3. The summed E-state index contributed by atoms with van der Waals surface area (Å²) in [6.45, 7) is 4.95. The van der Waals surface area contributed by atoms with Crippen molar-refractivity contribution in [2.45, 2.75) is 51.2 Å². The number of nitrogens with zero attached hydrogens (tertiary/aromatic N) is 6. The third-order valence-corrected chi connectivity index (χ3v) is 7.10. The van der Waals surface area contributed by atoms with E-state index in [-0.39, 0.29) is 6.04 Å². The number of aromatic nitrogens is 4. The average Bonchev–Trinajstić information content (AvgIpc) is 3.38. The first kappa shape index (κ1) is 19.9. The molecule has 9 nitrogen and oxygen atoms in total. The van der Waals surface area contributed by atoms with Crippen molar-refractivity contribution in [1.82, 2.24) is 28.8 Å². The molecule has 0 aliphatic carbocycles. The van der Waals surface area contributed by atoms with Gasteiger partial charge in [-0.2, -0.15) is 10.4 Å². The summed E-state index contributed by atoms with van der Waals surface area (Å²) in [6, 6.07) is 8.95. The van der Waals surface area contributed by atoms with Crippen LogP contribution in [0.5, 0.6) is 0 Å². The lowest BCUT2D eigenvalue weighted by Crippen LogP contribution is -2.47. The topological polar surface area (TPSA) is 109 Å². The molecule has 0 aromatic carbocycles. The first-order chi connectivity index (χ1) is 15.1. The molecule has 5 heterocycles. The fraction of sp³-hybridized carbons (Fsp3) is 0.429. The Morgan fingerprint density at radius 3 is 3.00 bits per heavy atom. The summed E-state index contributed by atoms with van der Waals surface area (Å²) in [7, 11) is 0. The maximum Gasteiger partial charge on any atom is 0.191 e. The fourth-order valence-corrected chi connectivity index (χ4v) is 5.62. The van der Waals surface area contributed by atoms with Crippen molar-refractivity contribution in [3.8, 4) is 6.19 Å². The minimum absolute atomic E-state index is 0.282. The predicted molar refractivity (Wildman–Crippen MR) is 122 cm³/mol. The van der Waals surface area contributed by atoms with Gasteiger partial charge in [-0.05, 0) is 38.3 Å². The second-order valence-electron chi connectivity index (χ2n) is 8.12. The lowest BCUT2D eigenvalue weighted by Gasteiger charge is -2.39. The molecular weight excluding hydrogens is 410 g/mol. The van der Waals surface area contributed by atoms with Crippen molar-refractivity contribution in [3.63, 3.8) is 0 Å². The smallest absolute Gasteiger partial charge is 0.191 e. The zero-order valence-corrected chi connectivity index (χ0v) is 18.4. The van der Waals surface area contributed by atoms with Crippen molar-refractivity contribution >= 4 is 40.5 Å². The van der Waals surface area contributed by atoms with Gasteiger partial charge < -0.3 is 10.6 Å². The molecule has 5 rings (SSSR count). The molecule has 3 atom stereocenters. The highest BCUT2D eigenvalue weighted by atomic mass is 32.2. The van der Waals surface area contributed by atoms with E-state index in [9.17, 15) is 5.26 Å². The molecule has 2 aliphatic rings. The third-order valence-electron chi connectivity index (χ3n) is 5.89. The molecule has 10 heteroatoms. The molecule has 160 valence electrons. The fourth-order valence-electron chi connectivity index (χ4n) is 4.47. The number of H-pyrrole nitrogens is 1. The number of nitrogens with one attached hydrogen (secondary N) is 3. The van der Waals surface area contributed by atoms with Crippen LogP contribution in [0.3, 0.4) is 0 Å². The van der Waals surface area contributed by atoms with E-state index in [0.29, 0.717) is 17.9 Å². The third kappa shape index (κ3) is 3.98. The minimum atomic E-state index is 0.282. The average molecular weight is 436 g/mol. The number of aryl methyl sites for hydroxylation is 1. The Hall–Kier alpha value is -3.03. The lowest BCUT2D eigenvalue weighted by molar-refractivity contribution is 0.194. The Morgan fingerprint density at radius 2 is 2.23 bits per heavy atom. The Kier molecular flexibility index (Phi) is 5.29. The van der Waals surface area contributed by atoms with Crippen molar-refractivity contribution in [2.24, 2.45) is 0 Å². The molecule has 2 saturated heterocycles. The zero-order valence-electron chi connectivity index (χ0n) is 17.5. The molecule has 2 aliphatic heterocycles. The highest BCUT2D eigenvalue weighted by Crippen LogP contribution is 2.40. The molecule has 2 fully saturated rings. The summed E-state index contributed by atoms with van der Waals surface area (Å²) in [5.74, 6) is 2.26. The van der Waals surface area contributed by atoms with Gasteiger partial charge in [-0.15, -0.1) is 0 Å². The number of fused-ring (bicyclic) bond motifs is 2. The molecule has 3 N–H and O–H groups in total. The van der Waals surface area contributed by atoms with Crippen LogP contribution in [0.2, 0.25) is 0 Å². The molecule has 0 bridgehead atoms. The van der Waals surface area contributed by atoms with E-state index in [1.165, 1.54) is 0 Å². The van der Waals surface area contributed by atoms with Gasteiger partial charge in [0.1, 0.15) is 11.6 Å². The number of hydrogen-bond acceptors (Lipinski definition) is 9. The van der Waals surface area contributed by atoms with Gasteiger partial charge in [-0.1, -0.05) is 6.92 Å². The van der Waals surface area contributed by atoms with E-state index < -0.39 is 0 Å². The number of piperidine rings is 1. The summed E-state index contributed by atoms with van der Waals surface area (Å²) < 4.78 is 4.19. The lowest BCUT2D eigenvalue weighted by atomic mass is 9.92. The normalized spacial score (nSPS) is 23.5. The Morgan fingerprint density at radius 1 is 1.32 bits per heavy atom. The number of pyridine rings is 2. The zero-order chi connectivity index (χ0) is 21.4. The number of aromatic amines is 1. The first-order valence-electron chi connectivity index (χ1n) is 10.6. The SMILES string of the molecule is CCC1CC(Nc2nc(Nc3cc(C)[nH]n3)cc3ncccc23)CC2CN(C#N)SN12. The summed E-state index contributed by atoms with van der Waals surface area (Å²) >= 11 is 1.58. The largest absolute Gasteiger partial charge is 0.367 e. The predicted octanol–water partition coefficient (Wildman–Crippen LogP) is 3.79. The van der Waals surface area contributed by atoms with Gasteiger partial charge in [-0.25, -0.2) is 13.6 Å². The minimum Gasteiger partial charge on any atom is -0.367 e. The van der Waals surface area contributed by atoms with Gasteiger partial charge in [0, 0.05) is 47.5 Å². The van der Waals surface area contributed by atoms with Crippen molar-refractivity contribution < 1.29 is 0 Å². The second-order valence-corrected chi connectivity index (χ2v) is 9.14. The molecule has 0 spiro atoms. The van der Waals surface area contributed by atoms with Crippen LogP contribution in [0, 0.1) is 18.4 Å². The van der Waals surface area contributed by atoms with E-state index in [1.807, 2.05) is 25.1 Å². The number of rotatable bonds is 5. The van der Waals surface area contributed by atoms with E-state index >= 15 is 0 Å². The quantitative estimate of drug-likeness (QED) is 0.407. The molecule has 0 radical (unpaired) electrons. The van der Waals surface area contributed by atoms with E-state index in [0.717, 1.165) is 54.0 Å². The molecule has 0 amide bonds. The second kappa shape index (κ2) is 8.24. The molecule has 31 heavy (non-hydrogen) atoms. The number of anilines is 3. The molecule has 3 aromatic heterocycles. The van der Waals surface area contributed by atoms with Gasteiger partial charge in [0.2, 0.25) is 0 Å². The van der Waals surface area contributed by atoms with E-state index in [4.69, 9.17) is 4.98 Å². The van der Waals surface area contributed by atoms with Gasteiger partial charge in [0.05, 0.1) is 24.2 Å². The van der Waals surface area contributed by atoms with Crippen molar-refractivity contribution in [2.75, 3.05) is 17.2 Å².